The fourth-order valence-electron chi connectivity index (χ4n) is 5.42. The van der Waals surface area contributed by atoms with Crippen molar-refractivity contribution in [2.24, 2.45) is 4.40 Å². The molecule has 6 rings (SSSR count). The number of aryl methyl sites for hydroxylation is 3. The summed E-state index contributed by atoms with van der Waals surface area (Å²) in [6.45, 7) is 5.90. The molecular weight excluding hydrogens is 528 g/mol. The van der Waals surface area contributed by atoms with Gasteiger partial charge in [-0.15, -0.1) is 0 Å². The Bertz CT molecular complexity index is 1850. The molecule has 0 N–H and O–H groups in total. The summed E-state index contributed by atoms with van der Waals surface area (Å²) in [6, 6.07) is 29.8. The third kappa shape index (κ3) is 5.07. The number of Topliss-reactive ketones (excluding diaryl/α,β-unsaturated/α-hetero) is 1. The summed E-state index contributed by atoms with van der Waals surface area (Å²) in [5.74, 6) is -0.254. The Hall–Kier alpha value is -4.55. The molecule has 0 aromatic heterocycles. The molecular formula is C35H30N2O3S. The molecule has 2 heterocycles. The van der Waals surface area contributed by atoms with Crippen molar-refractivity contribution >= 4 is 33.3 Å². The second-order valence-corrected chi connectivity index (χ2v) is 12.3. The van der Waals surface area contributed by atoms with E-state index in [0.29, 0.717) is 16.8 Å². The molecule has 41 heavy (non-hydrogen) atoms. The molecule has 0 bridgehead atoms. The predicted octanol–water partition coefficient (Wildman–Crippen LogP) is 7.47. The third-order valence-corrected chi connectivity index (χ3v) is 9.02. The summed E-state index contributed by atoms with van der Waals surface area (Å²) < 4.78 is 31.8. The molecule has 1 atom stereocenters. The Morgan fingerprint density at radius 3 is 2.02 bits per heavy atom. The first-order valence-corrected chi connectivity index (χ1v) is 15.0. The van der Waals surface area contributed by atoms with Gasteiger partial charge in [-0.05, 0) is 50.1 Å². The molecule has 2 aliphatic rings. The van der Waals surface area contributed by atoms with Crippen LogP contribution in [0.1, 0.15) is 56.2 Å². The van der Waals surface area contributed by atoms with Crippen molar-refractivity contribution in [3.63, 3.8) is 0 Å². The summed E-state index contributed by atoms with van der Waals surface area (Å²) >= 11 is 0. The Balaban J connectivity index is 1.63. The molecule has 0 amide bonds. The first kappa shape index (κ1) is 26.7. The Kier molecular flexibility index (Phi) is 6.80. The maximum absolute atomic E-state index is 14.4. The molecule has 1 unspecified atom stereocenters. The lowest BCUT2D eigenvalue weighted by Crippen LogP contribution is -2.36. The van der Waals surface area contributed by atoms with Crippen LogP contribution in [0.15, 0.2) is 118 Å². The molecule has 4 aromatic rings. The quantitative estimate of drug-likeness (QED) is 0.238. The predicted molar refractivity (Wildman–Crippen MR) is 164 cm³/mol. The minimum absolute atomic E-state index is 0.0981. The standard InChI is InChI=1S/C35H30N2O3S/c1-23-8-14-27(15-9-23)32-22-31(36-41(39,40)29-18-12-25(3)13-19-29)33(35(38)28-16-10-24(2)11-17-28)34-30-7-5-4-6-26(30)20-21-37(32)34/h4-21,32H,22H2,1-3H3/b36-31+. The van der Waals surface area contributed by atoms with Crippen molar-refractivity contribution in [2.45, 2.75) is 38.1 Å². The number of fused-ring (bicyclic) bond motifs is 3. The third-order valence-electron chi connectivity index (χ3n) is 7.69. The van der Waals surface area contributed by atoms with E-state index in [1.165, 1.54) is 0 Å². The lowest BCUT2D eigenvalue weighted by atomic mass is 9.82. The van der Waals surface area contributed by atoms with Gasteiger partial charge in [-0.2, -0.15) is 12.8 Å². The van der Waals surface area contributed by atoms with Gasteiger partial charge in [0.15, 0.2) is 5.78 Å². The molecule has 0 saturated heterocycles. The first-order valence-electron chi connectivity index (χ1n) is 13.6. The zero-order chi connectivity index (χ0) is 28.7. The van der Waals surface area contributed by atoms with E-state index in [1.54, 1.807) is 36.4 Å². The van der Waals surface area contributed by atoms with Gasteiger partial charge in [0, 0.05) is 23.7 Å². The van der Waals surface area contributed by atoms with Crippen molar-refractivity contribution in [2.75, 3.05) is 0 Å². The van der Waals surface area contributed by atoms with E-state index >= 15 is 0 Å². The van der Waals surface area contributed by atoms with Crippen LogP contribution in [0, 0.1) is 20.8 Å². The zero-order valence-corrected chi connectivity index (χ0v) is 24.0. The van der Waals surface area contributed by atoms with Crippen LogP contribution in [-0.4, -0.2) is 24.8 Å². The summed E-state index contributed by atoms with van der Waals surface area (Å²) in [5, 5.41) is 0. The molecule has 6 heteroatoms. The molecule has 0 radical (unpaired) electrons. The number of allylic oxidation sites excluding steroid dienone is 1. The van der Waals surface area contributed by atoms with E-state index in [9.17, 15) is 13.2 Å². The summed E-state index contributed by atoms with van der Waals surface area (Å²) in [4.78, 5) is 16.6. The topological polar surface area (TPSA) is 66.8 Å². The number of carbonyl (C=O) groups is 1. The Labute approximate surface area is 241 Å². The average Bonchev–Trinajstić information content (AvgIpc) is 2.97. The van der Waals surface area contributed by atoms with Gasteiger partial charge in [0.2, 0.25) is 0 Å². The Morgan fingerprint density at radius 1 is 0.780 bits per heavy atom. The number of hydrogen-bond donors (Lipinski definition) is 0. The average molecular weight is 559 g/mol. The van der Waals surface area contributed by atoms with Crippen molar-refractivity contribution in [1.82, 2.24) is 4.90 Å². The highest BCUT2D eigenvalue weighted by molar-refractivity contribution is 7.90. The van der Waals surface area contributed by atoms with Crippen LogP contribution in [0.4, 0.5) is 0 Å². The van der Waals surface area contributed by atoms with E-state index < -0.39 is 10.0 Å². The van der Waals surface area contributed by atoms with Crippen molar-refractivity contribution in [3.05, 3.63) is 148 Å². The van der Waals surface area contributed by atoms with E-state index in [4.69, 9.17) is 0 Å². The fraction of sp³-hybridized carbons (Fsp3) is 0.143. The normalized spacial score (nSPS) is 17.4. The molecule has 204 valence electrons. The van der Waals surface area contributed by atoms with Crippen LogP contribution in [0.3, 0.4) is 0 Å². The molecule has 0 fully saturated rings. The second-order valence-electron chi connectivity index (χ2n) is 10.7. The van der Waals surface area contributed by atoms with Crippen LogP contribution in [0.2, 0.25) is 0 Å². The van der Waals surface area contributed by atoms with Gasteiger partial charge in [-0.3, -0.25) is 4.79 Å². The van der Waals surface area contributed by atoms with Gasteiger partial charge in [0.05, 0.1) is 27.9 Å². The van der Waals surface area contributed by atoms with Crippen molar-refractivity contribution in [3.8, 4) is 0 Å². The number of benzene rings is 4. The maximum atomic E-state index is 14.4. The van der Waals surface area contributed by atoms with Crippen molar-refractivity contribution in [1.29, 1.82) is 0 Å². The molecule has 5 nitrogen and oxygen atoms in total. The maximum Gasteiger partial charge on any atom is 0.282 e. The molecule has 0 saturated carbocycles. The highest BCUT2D eigenvalue weighted by Crippen LogP contribution is 2.45. The van der Waals surface area contributed by atoms with Crippen LogP contribution in [0.25, 0.3) is 11.8 Å². The van der Waals surface area contributed by atoms with E-state index in [1.807, 2.05) is 81.6 Å². The van der Waals surface area contributed by atoms with E-state index in [0.717, 1.165) is 33.4 Å². The SMILES string of the molecule is Cc1ccc(C(=O)C2=C3c4ccccc4C=CN3C(c3ccc(C)cc3)C/C2=N\S(=O)(=O)c2ccc(C)cc2)cc1. The highest BCUT2D eigenvalue weighted by atomic mass is 32.2. The second kappa shape index (κ2) is 10.5. The monoisotopic (exact) mass is 558 g/mol. The van der Waals surface area contributed by atoms with Gasteiger partial charge < -0.3 is 4.90 Å². The van der Waals surface area contributed by atoms with Crippen molar-refractivity contribution < 1.29 is 13.2 Å². The number of carbonyl (C=O) groups excluding carboxylic acids is 1. The molecule has 0 aliphatic carbocycles. The van der Waals surface area contributed by atoms with Crippen LogP contribution < -0.4 is 0 Å². The minimum Gasteiger partial charge on any atom is -0.339 e. The van der Waals surface area contributed by atoms with Gasteiger partial charge >= 0.3 is 0 Å². The van der Waals surface area contributed by atoms with Gasteiger partial charge in [0.25, 0.3) is 10.0 Å². The van der Waals surface area contributed by atoms with Crippen LogP contribution >= 0.6 is 0 Å². The lowest BCUT2D eigenvalue weighted by Gasteiger charge is -2.41. The summed E-state index contributed by atoms with van der Waals surface area (Å²) in [7, 11) is -4.09. The summed E-state index contributed by atoms with van der Waals surface area (Å²) in [6.07, 6.45) is 4.28. The summed E-state index contributed by atoms with van der Waals surface area (Å²) in [5.41, 5.74) is 7.68. The van der Waals surface area contributed by atoms with Gasteiger partial charge in [-0.25, -0.2) is 0 Å². The zero-order valence-electron chi connectivity index (χ0n) is 23.2. The van der Waals surface area contributed by atoms with Gasteiger partial charge in [0.1, 0.15) is 0 Å². The van der Waals surface area contributed by atoms with E-state index in [-0.39, 0.29) is 28.9 Å². The smallest absolute Gasteiger partial charge is 0.282 e. The van der Waals surface area contributed by atoms with Crippen LogP contribution in [0.5, 0.6) is 0 Å². The fourth-order valence-corrected chi connectivity index (χ4v) is 6.46. The number of nitrogens with zero attached hydrogens (tertiary/aromatic N) is 2. The number of rotatable bonds is 5. The van der Waals surface area contributed by atoms with Crippen LogP contribution in [-0.2, 0) is 10.0 Å². The molecule has 0 spiro atoms. The highest BCUT2D eigenvalue weighted by Gasteiger charge is 2.39. The first-order chi connectivity index (χ1) is 19.7. The number of ketones is 1. The lowest BCUT2D eigenvalue weighted by molar-refractivity contribution is 0.103. The minimum atomic E-state index is -4.09. The van der Waals surface area contributed by atoms with Gasteiger partial charge in [-0.1, -0.05) is 102 Å². The largest absolute Gasteiger partial charge is 0.339 e. The number of sulfonamides is 1. The molecule has 2 aliphatic heterocycles. The Morgan fingerprint density at radius 2 is 1.37 bits per heavy atom. The molecule has 4 aromatic carbocycles. The number of hydrogen-bond acceptors (Lipinski definition) is 4. The van der Waals surface area contributed by atoms with E-state index in [2.05, 4.69) is 21.4 Å².